The second-order valence-electron chi connectivity index (χ2n) is 6.17. The summed E-state index contributed by atoms with van der Waals surface area (Å²) in [7, 11) is 0. The lowest BCUT2D eigenvalue weighted by atomic mass is 9.97. The van der Waals surface area contributed by atoms with E-state index in [9.17, 15) is 22.4 Å². The lowest BCUT2D eigenvalue weighted by Gasteiger charge is -2.34. The Labute approximate surface area is 147 Å². The molecule has 4 nitrogen and oxygen atoms in total. The summed E-state index contributed by atoms with van der Waals surface area (Å²) in [6, 6.07) is 8.65. The Hall–Kier alpha value is -2.64. The number of likely N-dealkylation sites (tertiary alicyclic amines) is 1. The van der Waals surface area contributed by atoms with Crippen LogP contribution in [-0.2, 0) is 0 Å². The van der Waals surface area contributed by atoms with Gasteiger partial charge in [-0.3, -0.25) is 4.79 Å². The Morgan fingerprint density at radius 1 is 1.23 bits per heavy atom. The topological polar surface area (TPSA) is 45.2 Å². The average Bonchev–Trinajstić information content (AvgIpc) is 2.61. The van der Waals surface area contributed by atoms with Gasteiger partial charge in [-0.1, -0.05) is 6.07 Å². The lowest BCUT2D eigenvalue weighted by molar-refractivity contribution is -0.184. The van der Waals surface area contributed by atoms with E-state index >= 15 is 0 Å². The van der Waals surface area contributed by atoms with Gasteiger partial charge in [0.1, 0.15) is 11.6 Å². The number of anilines is 2. The fourth-order valence-corrected chi connectivity index (χ4v) is 2.98. The van der Waals surface area contributed by atoms with Crippen LogP contribution in [0.5, 0.6) is 0 Å². The van der Waals surface area contributed by atoms with Crippen molar-refractivity contribution in [3.8, 4) is 0 Å². The number of alkyl halides is 3. The summed E-state index contributed by atoms with van der Waals surface area (Å²) < 4.78 is 52.3. The van der Waals surface area contributed by atoms with Crippen LogP contribution in [-0.4, -0.2) is 35.1 Å². The van der Waals surface area contributed by atoms with Crippen LogP contribution >= 0.6 is 0 Å². The van der Waals surface area contributed by atoms with Gasteiger partial charge < -0.3 is 10.2 Å². The second kappa shape index (κ2) is 7.31. The first kappa shape index (κ1) is 18.2. The van der Waals surface area contributed by atoms with E-state index in [0.717, 1.165) is 0 Å². The molecule has 26 heavy (non-hydrogen) atoms. The number of aromatic nitrogens is 1. The number of carbonyl (C=O) groups excluding carboxylic acids is 1. The first-order valence-corrected chi connectivity index (χ1v) is 8.18. The van der Waals surface area contributed by atoms with Crippen molar-refractivity contribution < 1.29 is 22.4 Å². The van der Waals surface area contributed by atoms with Gasteiger partial charge in [0.15, 0.2) is 0 Å². The highest BCUT2D eigenvalue weighted by molar-refractivity contribution is 5.99. The molecule has 1 aliphatic rings. The smallest absolute Gasteiger partial charge is 0.339 e. The molecule has 1 aromatic heterocycles. The van der Waals surface area contributed by atoms with Gasteiger partial charge in [-0.2, -0.15) is 13.2 Å². The second-order valence-corrected chi connectivity index (χ2v) is 6.17. The molecule has 1 amide bonds. The highest BCUT2D eigenvalue weighted by atomic mass is 19.4. The lowest BCUT2D eigenvalue weighted by Crippen LogP contribution is -2.44. The number of benzene rings is 1. The van der Waals surface area contributed by atoms with E-state index in [1.54, 1.807) is 6.07 Å². The molecule has 8 heteroatoms. The molecule has 2 aromatic rings. The van der Waals surface area contributed by atoms with Gasteiger partial charge in [0, 0.05) is 25.0 Å². The minimum absolute atomic E-state index is 0.0225. The molecule has 1 aliphatic heterocycles. The summed E-state index contributed by atoms with van der Waals surface area (Å²) in [5, 5.41) is 2.85. The van der Waals surface area contributed by atoms with Crippen molar-refractivity contribution in [2.75, 3.05) is 18.4 Å². The predicted octanol–water partition coefficient (Wildman–Crippen LogP) is 4.38. The van der Waals surface area contributed by atoms with E-state index in [1.807, 2.05) is 0 Å². The number of hydrogen-bond acceptors (Lipinski definition) is 3. The summed E-state index contributed by atoms with van der Waals surface area (Å²) in [4.78, 5) is 18.0. The van der Waals surface area contributed by atoms with Crippen molar-refractivity contribution in [1.82, 2.24) is 9.88 Å². The molecule has 1 fully saturated rings. The summed E-state index contributed by atoms with van der Waals surface area (Å²) in [5.74, 6) is -2.32. The molecule has 2 heterocycles. The van der Waals surface area contributed by atoms with Gasteiger partial charge in [-0.05, 0) is 43.2 Å². The zero-order valence-electron chi connectivity index (χ0n) is 13.8. The number of rotatable bonds is 3. The highest BCUT2D eigenvalue weighted by Crippen LogP contribution is 2.34. The summed E-state index contributed by atoms with van der Waals surface area (Å²) in [5.41, 5.74) is 0.546. The third kappa shape index (κ3) is 4.12. The zero-order valence-corrected chi connectivity index (χ0v) is 13.8. The molecule has 0 aliphatic carbocycles. The number of nitrogens with zero attached hydrogens (tertiary/aromatic N) is 2. The van der Waals surface area contributed by atoms with Crippen LogP contribution in [0.25, 0.3) is 0 Å². The first-order chi connectivity index (χ1) is 12.3. The number of piperidine rings is 1. The molecule has 138 valence electrons. The van der Waals surface area contributed by atoms with Crippen LogP contribution in [0.3, 0.4) is 0 Å². The number of nitrogens with one attached hydrogen (secondary N) is 1. The fourth-order valence-electron chi connectivity index (χ4n) is 2.98. The van der Waals surface area contributed by atoms with E-state index in [-0.39, 0.29) is 30.9 Å². The number of carbonyl (C=O) groups is 1. The van der Waals surface area contributed by atoms with Crippen molar-refractivity contribution in [3.63, 3.8) is 0 Å². The molecule has 0 spiro atoms. The minimum Gasteiger partial charge on any atom is -0.339 e. The van der Waals surface area contributed by atoms with E-state index in [0.29, 0.717) is 12.1 Å². The van der Waals surface area contributed by atoms with Crippen molar-refractivity contribution in [2.24, 2.45) is 5.92 Å². The Balaban J connectivity index is 1.81. The van der Waals surface area contributed by atoms with E-state index in [1.165, 1.54) is 41.4 Å². The highest BCUT2D eigenvalue weighted by Gasteiger charge is 2.43. The van der Waals surface area contributed by atoms with Gasteiger partial charge in [0.05, 0.1) is 11.5 Å². The Bertz CT molecular complexity index is 794. The number of amides is 1. The minimum atomic E-state index is -4.32. The Morgan fingerprint density at radius 2 is 2.04 bits per heavy atom. The molecule has 1 atom stereocenters. The standard InChI is InChI=1S/C18H17F4N3O/c19-13-5-1-6-14(10-13)24-16-15(7-2-8-23-16)17(26)25-9-3-4-12(11-25)18(20,21)22/h1-2,5-8,10,12H,3-4,9,11H2,(H,23,24). The monoisotopic (exact) mass is 367 g/mol. The SMILES string of the molecule is O=C(c1cccnc1Nc1cccc(F)c1)N1CCCC(C(F)(F)F)C1. The normalized spacial score (nSPS) is 17.8. The van der Waals surface area contributed by atoms with Crippen molar-refractivity contribution in [2.45, 2.75) is 19.0 Å². The first-order valence-electron chi connectivity index (χ1n) is 8.18. The van der Waals surface area contributed by atoms with Crippen molar-refractivity contribution in [3.05, 3.63) is 54.0 Å². The van der Waals surface area contributed by atoms with Crippen LogP contribution < -0.4 is 5.32 Å². The molecule has 1 N–H and O–H groups in total. The van der Waals surface area contributed by atoms with Crippen molar-refractivity contribution in [1.29, 1.82) is 0 Å². The largest absolute Gasteiger partial charge is 0.393 e. The van der Waals surface area contributed by atoms with Crippen molar-refractivity contribution >= 4 is 17.4 Å². The zero-order chi connectivity index (χ0) is 18.7. The maximum absolute atomic E-state index is 13.3. The molecular formula is C18H17F4N3O. The molecule has 1 unspecified atom stereocenters. The third-order valence-electron chi connectivity index (χ3n) is 4.30. The van der Waals surface area contributed by atoms with Crippen LogP contribution in [0, 0.1) is 11.7 Å². The number of hydrogen-bond donors (Lipinski definition) is 1. The fraction of sp³-hybridized carbons (Fsp3) is 0.333. The van der Waals surface area contributed by atoms with Crippen LogP contribution in [0.15, 0.2) is 42.6 Å². The number of pyridine rings is 1. The van der Waals surface area contributed by atoms with Gasteiger partial charge in [-0.15, -0.1) is 0 Å². The van der Waals surface area contributed by atoms with E-state index in [2.05, 4.69) is 10.3 Å². The van der Waals surface area contributed by atoms with Gasteiger partial charge in [0.2, 0.25) is 0 Å². The predicted molar refractivity (Wildman–Crippen MR) is 88.6 cm³/mol. The molecule has 3 rings (SSSR count). The van der Waals surface area contributed by atoms with Gasteiger partial charge in [-0.25, -0.2) is 9.37 Å². The van der Waals surface area contributed by atoms with Gasteiger partial charge >= 0.3 is 6.18 Å². The van der Waals surface area contributed by atoms with Crippen LogP contribution in [0.2, 0.25) is 0 Å². The molecule has 0 saturated carbocycles. The molecule has 1 saturated heterocycles. The van der Waals surface area contributed by atoms with Crippen LogP contribution in [0.4, 0.5) is 29.1 Å². The molecule has 1 aromatic carbocycles. The Morgan fingerprint density at radius 3 is 2.77 bits per heavy atom. The summed E-state index contributed by atoms with van der Waals surface area (Å²) in [6.07, 6.45) is -2.55. The maximum atomic E-state index is 13.3. The average molecular weight is 367 g/mol. The Kier molecular flexibility index (Phi) is 5.11. The molecule has 0 radical (unpaired) electrons. The summed E-state index contributed by atoms with van der Waals surface area (Å²) in [6.45, 7) is -0.101. The third-order valence-corrected chi connectivity index (χ3v) is 4.30. The molecular weight excluding hydrogens is 350 g/mol. The van der Waals surface area contributed by atoms with E-state index < -0.39 is 23.8 Å². The van der Waals surface area contributed by atoms with E-state index in [4.69, 9.17) is 0 Å². The van der Waals surface area contributed by atoms with Crippen LogP contribution in [0.1, 0.15) is 23.2 Å². The maximum Gasteiger partial charge on any atom is 0.393 e. The quantitative estimate of drug-likeness (QED) is 0.819. The molecule has 0 bridgehead atoms. The van der Waals surface area contributed by atoms with Gasteiger partial charge in [0.25, 0.3) is 5.91 Å². The number of halogens is 4. The summed E-state index contributed by atoms with van der Waals surface area (Å²) >= 11 is 0.